The molecule has 0 saturated heterocycles. The molecular formula is C13H11N7O2S2. The van der Waals surface area contributed by atoms with Crippen LogP contribution in [0, 0.1) is 13.8 Å². The number of aromatic nitrogens is 5. The third kappa shape index (κ3) is 3.75. The van der Waals surface area contributed by atoms with Gasteiger partial charge in [-0.15, -0.1) is 20.4 Å². The summed E-state index contributed by atoms with van der Waals surface area (Å²) in [6.07, 6.45) is 0. The van der Waals surface area contributed by atoms with E-state index in [-0.39, 0.29) is 11.4 Å². The van der Waals surface area contributed by atoms with Crippen molar-refractivity contribution in [1.82, 2.24) is 25.4 Å². The van der Waals surface area contributed by atoms with Crippen molar-refractivity contribution >= 4 is 44.8 Å². The van der Waals surface area contributed by atoms with E-state index in [1.165, 1.54) is 34.8 Å². The molecule has 0 bridgehead atoms. The van der Waals surface area contributed by atoms with Crippen LogP contribution in [0.25, 0.3) is 0 Å². The van der Waals surface area contributed by atoms with Gasteiger partial charge in [0, 0.05) is 0 Å². The number of amides is 2. The lowest BCUT2D eigenvalue weighted by Gasteiger charge is -2.04. The Morgan fingerprint density at radius 1 is 0.833 bits per heavy atom. The number of nitrogens with one attached hydrogen (secondary N) is 2. The number of pyridine rings is 1. The molecule has 0 aliphatic heterocycles. The van der Waals surface area contributed by atoms with E-state index in [1.54, 1.807) is 19.9 Å². The van der Waals surface area contributed by atoms with Crippen molar-refractivity contribution in [2.24, 2.45) is 0 Å². The second kappa shape index (κ2) is 6.76. The lowest BCUT2D eigenvalue weighted by molar-refractivity contribution is 0.101. The predicted molar refractivity (Wildman–Crippen MR) is 89.4 cm³/mol. The summed E-state index contributed by atoms with van der Waals surface area (Å²) in [5, 5.41) is 22.7. The summed E-state index contributed by atoms with van der Waals surface area (Å²) < 4.78 is 0. The number of nitrogens with zero attached hydrogens (tertiary/aromatic N) is 5. The Morgan fingerprint density at radius 2 is 1.29 bits per heavy atom. The lowest BCUT2D eigenvalue weighted by Crippen LogP contribution is -2.18. The molecule has 0 spiro atoms. The van der Waals surface area contributed by atoms with E-state index in [0.29, 0.717) is 10.3 Å². The smallest absolute Gasteiger partial charge is 0.276 e. The number of anilines is 2. The monoisotopic (exact) mass is 361 g/mol. The Bertz CT molecular complexity index is 836. The van der Waals surface area contributed by atoms with Crippen molar-refractivity contribution in [2.45, 2.75) is 13.8 Å². The average molecular weight is 361 g/mol. The van der Waals surface area contributed by atoms with Crippen LogP contribution in [0.2, 0.25) is 0 Å². The molecule has 24 heavy (non-hydrogen) atoms. The molecule has 11 heteroatoms. The van der Waals surface area contributed by atoms with Crippen LogP contribution in [0.15, 0.2) is 18.2 Å². The molecule has 0 aliphatic rings. The van der Waals surface area contributed by atoms with E-state index >= 15 is 0 Å². The SMILES string of the molecule is Cc1nnc(NC(=O)c2cccc(C(=O)Nc3nnc(C)s3)n2)s1. The van der Waals surface area contributed by atoms with Gasteiger partial charge >= 0.3 is 0 Å². The highest BCUT2D eigenvalue weighted by molar-refractivity contribution is 7.15. The van der Waals surface area contributed by atoms with Gasteiger partial charge in [-0.2, -0.15) is 0 Å². The molecule has 0 saturated carbocycles. The molecule has 3 aromatic rings. The minimum absolute atomic E-state index is 0.101. The topological polar surface area (TPSA) is 123 Å². The Hall–Kier alpha value is -2.79. The summed E-state index contributed by atoms with van der Waals surface area (Å²) in [7, 11) is 0. The fraction of sp³-hybridized carbons (Fsp3) is 0.154. The zero-order valence-electron chi connectivity index (χ0n) is 12.6. The number of carbonyl (C=O) groups excluding carboxylic acids is 2. The van der Waals surface area contributed by atoms with Gasteiger partial charge in [0.05, 0.1) is 0 Å². The van der Waals surface area contributed by atoms with Gasteiger partial charge in [0.15, 0.2) is 0 Å². The second-order valence-corrected chi connectivity index (χ2v) is 6.93. The Kier molecular flexibility index (Phi) is 4.53. The molecule has 122 valence electrons. The van der Waals surface area contributed by atoms with E-state index in [1.807, 2.05) is 0 Å². The fourth-order valence-corrected chi connectivity index (χ4v) is 2.88. The molecule has 0 aliphatic carbocycles. The molecule has 0 unspecified atom stereocenters. The molecule has 0 fully saturated rings. The van der Waals surface area contributed by atoms with Crippen molar-refractivity contribution < 1.29 is 9.59 Å². The van der Waals surface area contributed by atoms with Crippen LogP contribution in [0.5, 0.6) is 0 Å². The van der Waals surface area contributed by atoms with E-state index in [4.69, 9.17) is 0 Å². The molecule has 2 N–H and O–H groups in total. The largest absolute Gasteiger partial charge is 0.295 e. The van der Waals surface area contributed by atoms with E-state index in [0.717, 1.165) is 10.0 Å². The van der Waals surface area contributed by atoms with Crippen molar-refractivity contribution in [3.05, 3.63) is 39.6 Å². The number of aryl methyl sites for hydroxylation is 2. The highest BCUT2D eigenvalue weighted by Gasteiger charge is 2.15. The molecule has 2 amide bonds. The summed E-state index contributed by atoms with van der Waals surface area (Å²) in [5.74, 6) is -0.930. The zero-order chi connectivity index (χ0) is 17.1. The van der Waals surface area contributed by atoms with Gasteiger partial charge in [0.25, 0.3) is 11.8 Å². The van der Waals surface area contributed by atoms with Gasteiger partial charge in [0.2, 0.25) is 10.3 Å². The summed E-state index contributed by atoms with van der Waals surface area (Å²) in [6, 6.07) is 4.59. The van der Waals surface area contributed by atoms with Gasteiger partial charge in [0.1, 0.15) is 21.4 Å². The van der Waals surface area contributed by atoms with Crippen molar-refractivity contribution in [3.8, 4) is 0 Å². The number of hydrogen-bond acceptors (Lipinski definition) is 9. The Labute approximate surface area is 144 Å². The lowest BCUT2D eigenvalue weighted by atomic mass is 10.3. The molecule has 9 nitrogen and oxygen atoms in total. The highest BCUT2D eigenvalue weighted by Crippen LogP contribution is 2.16. The molecular weight excluding hydrogens is 350 g/mol. The Balaban J connectivity index is 1.73. The summed E-state index contributed by atoms with van der Waals surface area (Å²) in [4.78, 5) is 28.4. The number of hydrogen-bond donors (Lipinski definition) is 2. The predicted octanol–water partition coefficient (Wildman–Crippen LogP) is 1.91. The van der Waals surface area contributed by atoms with Crippen LogP contribution in [-0.2, 0) is 0 Å². The van der Waals surface area contributed by atoms with E-state index in [2.05, 4.69) is 36.0 Å². The molecule has 0 radical (unpaired) electrons. The third-order valence-corrected chi connectivity index (χ3v) is 4.22. The van der Waals surface area contributed by atoms with Crippen LogP contribution < -0.4 is 10.6 Å². The first-order valence-corrected chi connectivity index (χ1v) is 8.34. The van der Waals surface area contributed by atoms with Crippen LogP contribution in [0.3, 0.4) is 0 Å². The first-order valence-electron chi connectivity index (χ1n) is 6.71. The maximum atomic E-state index is 12.2. The minimum atomic E-state index is -0.465. The van der Waals surface area contributed by atoms with Crippen LogP contribution in [-0.4, -0.2) is 37.2 Å². The maximum Gasteiger partial charge on any atom is 0.276 e. The Morgan fingerprint density at radius 3 is 1.67 bits per heavy atom. The molecule has 3 rings (SSSR count). The third-order valence-electron chi connectivity index (χ3n) is 2.71. The normalized spacial score (nSPS) is 10.4. The van der Waals surface area contributed by atoms with E-state index in [9.17, 15) is 9.59 Å². The number of rotatable bonds is 4. The van der Waals surface area contributed by atoms with E-state index < -0.39 is 11.8 Å². The van der Waals surface area contributed by atoms with Crippen LogP contribution in [0.1, 0.15) is 31.0 Å². The standard InChI is InChI=1S/C13H11N7O2S2/c1-6-17-19-12(23-6)15-10(21)8-4-3-5-9(14-8)11(22)16-13-20-18-7(2)24-13/h3-5H,1-2H3,(H,15,19,21)(H,16,20,22). The second-order valence-electron chi connectivity index (χ2n) is 4.57. The minimum Gasteiger partial charge on any atom is -0.295 e. The summed E-state index contributed by atoms with van der Waals surface area (Å²) in [6.45, 7) is 3.57. The maximum absolute atomic E-state index is 12.2. The number of carbonyl (C=O) groups is 2. The van der Waals surface area contributed by atoms with Gasteiger partial charge in [-0.25, -0.2) is 4.98 Å². The van der Waals surface area contributed by atoms with Crippen molar-refractivity contribution in [1.29, 1.82) is 0 Å². The molecule has 0 aromatic carbocycles. The van der Waals surface area contributed by atoms with Crippen molar-refractivity contribution in [3.63, 3.8) is 0 Å². The fourth-order valence-electron chi connectivity index (χ4n) is 1.70. The van der Waals surface area contributed by atoms with Crippen LogP contribution in [0.4, 0.5) is 10.3 Å². The summed E-state index contributed by atoms with van der Waals surface area (Å²) >= 11 is 2.50. The van der Waals surface area contributed by atoms with Crippen LogP contribution >= 0.6 is 22.7 Å². The van der Waals surface area contributed by atoms with Gasteiger partial charge in [-0.1, -0.05) is 28.7 Å². The van der Waals surface area contributed by atoms with Gasteiger partial charge in [-0.05, 0) is 26.0 Å². The molecule has 0 atom stereocenters. The quantitative estimate of drug-likeness (QED) is 0.727. The molecule has 3 heterocycles. The highest BCUT2D eigenvalue weighted by atomic mass is 32.1. The zero-order valence-corrected chi connectivity index (χ0v) is 14.2. The molecule has 3 aromatic heterocycles. The van der Waals surface area contributed by atoms with Crippen molar-refractivity contribution in [2.75, 3.05) is 10.6 Å². The summed E-state index contributed by atoms with van der Waals surface area (Å²) in [5.41, 5.74) is 0.202. The average Bonchev–Trinajstić information content (AvgIpc) is 3.15. The first-order chi connectivity index (χ1) is 11.5. The van der Waals surface area contributed by atoms with Gasteiger partial charge < -0.3 is 0 Å². The van der Waals surface area contributed by atoms with Gasteiger partial charge in [-0.3, -0.25) is 20.2 Å². The first kappa shape index (κ1) is 16.1.